The quantitative estimate of drug-likeness (QED) is 0.725. The third-order valence-corrected chi connectivity index (χ3v) is 2.49. The lowest BCUT2D eigenvalue weighted by atomic mass is 10.3. The fraction of sp³-hybridized carbons (Fsp3) is 0. The molecule has 6 nitrogen and oxygen atoms in total. The molecule has 0 aliphatic heterocycles. The summed E-state index contributed by atoms with van der Waals surface area (Å²) in [7, 11) is 0. The Labute approximate surface area is 110 Å². The highest BCUT2D eigenvalue weighted by Gasteiger charge is 2.05. The van der Waals surface area contributed by atoms with E-state index in [1.807, 2.05) is 9.97 Å². The van der Waals surface area contributed by atoms with Crippen molar-refractivity contribution in [1.82, 2.24) is 9.97 Å². The molecule has 0 bridgehead atoms. The Morgan fingerprint density at radius 1 is 1.32 bits per heavy atom. The summed E-state index contributed by atoms with van der Waals surface area (Å²) >= 11 is 5.57. The molecule has 0 saturated heterocycles. The Bertz CT molecular complexity index is 767. The maximum absolute atomic E-state index is 12.9. The number of aromatic amines is 2. The van der Waals surface area contributed by atoms with Gasteiger partial charge in [-0.15, -0.1) is 0 Å². The molecule has 8 heteroatoms. The topological polar surface area (TPSA) is 98.3 Å². The highest BCUT2D eigenvalue weighted by atomic mass is 35.5. The molecule has 0 fully saturated rings. The molecule has 2 aromatic rings. The van der Waals surface area contributed by atoms with Gasteiger partial charge in [-0.05, 0) is 18.2 Å². The maximum atomic E-state index is 12.9. The van der Waals surface area contributed by atoms with Gasteiger partial charge in [0.2, 0.25) is 5.88 Å². The van der Waals surface area contributed by atoms with Crippen molar-refractivity contribution in [2.75, 3.05) is 0 Å². The van der Waals surface area contributed by atoms with Crippen LogP contribution in [0.1, 0.15) is 5.56 Å². The van der Waals surface area contributed by atoms with E-state index in [4.69, 9.17) is 11.6 Å². The minimum Gasteiger partial charge on any atom is -0.494 e. The van der Waals surface area contributed by atoms with Crippen LogP contribution in [0.25, 0.3) is 0 Å². The van der Waals surface area contributed by atoms with E-state index in [2.05, 4.69) is 4.99 Å². The number of H-pyrrole nitrogens is 2. The zero-order chi connectivity index (χ0) is 14.0. The molecule has 0 spiro atoms. The monoisotopic (exact) mass is 283 g/mol. The van der Waals surface area contributed by atoms with E-state index < -0.39 is 22.9 Å². The summed E-state index contributed by atoms with van der Waals surface area (Å²) in [6, 6.07) is 3.71. The number of rotatable bonds is 2. The van der Waals surface area contributed by atoms with Crippen LogP contribution in [0.3, 0.4) is 0 Å². The first-order chi connectivity index (χ1) is 8.97. The molecule has 2 rings (SSSR count). The predicted octanol–water partition coefficient (Wildman–Crippen LogP) is 1.31. The van der Waals surface area contributed by atoms with E-state index in [9.17, 15) is 19.1 Å². The Kier molecular flexibility index (Phi) is 3.48. The average molecular weight is 284 g/mol. The van der Waals surface area contributed by atoms with E-state index in [0.717, 1.165) is 12.3 Å². The summed E-state index contributed by atoms with van der Waals surface area (Å²) in [5.41, 5.74) is -1.56. The van der Waals surface area contributed by atoms with Crippen molar-refractivity contribution in [3.05, 3.63) is 55.4 Å². The standard InChI is InChI=1S/C11H7ClFN3O3/c12-7-3-5(1-2-8(7)13)14-4-6-9(17)15-11(19)16-10(6)18/h1-4H,(H3,15,16,17,18,19). The van der Waals surface area contributed by atoms with Gasteiger partial charge in [-0.3, -0.25) is 19.8 Å². The number of aromatic hydroxyl groups is 1. The van der Waals surface area contributed by atoms with Gasteiger partial charge in [-0.25, -0.2) is 9.18 Å². The Hall–Kier alpha value is -2.41. The second-order valence-corrected chi connectivity index (χ2v) is 3.93. The van der Waals surface area contributed by atoms with Gasteiger partial charge in [-0.2, -0.15) is 0 Å². The molecule has 3 N–H and O–H groups in total. The maximum Gasteiger partial charge on any atom is 0.328 e. The number of nitrogens with zero attached hydrogens (tertiary/aromatic N) is 1. The molecular formula is C11H7ClFN3O3. The summed E-state index contributed by atoms with van der Waals surface area (Å²) < 4.78 is 12.9. The van der Waals surface area contributed by atoms with Crippen LogP contribution >= 0.6 is 11.6 Å². The number of benzene rings is 1. The Balaban J connectivity index is 2.40. The normalized spacial score (nSPS) is 11.1. The average Bonchev–Trinajstić information content (AvgIpc) is 2.32. The molecule has 0 radical (unpaired) electrons. The number of hydrogen-bond acceptors (Lipinski definition) is 4. The second-order valence-electron chi connectivity index (χ2n) is 3.53. The van der Waals surface area contributed by atoms with Crippen molar-refractivity contribution in [2.24, 2.45) is 4.99 Å². The highest BCUT2D eigenvalue weighted by Crippen LogP contribution is 2.21. The molecule has 1 aromatic carbocycles. The van der Waals surface area contributed by atoms with Gasteiger partial charge < -0.3 is 5.11 Å². The largest absolute Gasteiger partial charge is 0.494 e. The molecule has 19 heavy (non-hydrogen) atoms. The molecule has 1 aromatic heterocycles. The summed E-state index contributed by atoms with van der Waals surface area (Å²) in [4.78, 5) is 30.0. The smallest absolute Gasteiger partial charge is 0.328 e. The van der Waals surface area contributed by atoms with Crippen molar-refractivity contribution in [3.8, 4) is 5.88 Å². The number of halogens is 2. The third kappa shape index (κ3) is 2.89. The molecule has 0 saturated carbocycles. The van der Waals surface area contributed by atoms with Crippen LogP contribution < -0.4 is 11.2 Å². The van der Waals surface area contributed by atoms with Crippen LogP contribution in [0, 0.1) is 5.82 Å². The van der Waals surface area contributed by atoms with Crippen molar-refractivity contribution >= 4 is 23.5 Å². The summed E-state index contributed by atoms with van der Waals surface area (Å²) in [5.74, 6) is -1.20. The van der Waals surface area contributed by atoms with E-state index >= 15 is 0 Å². The van der Waals surface area contributed by atoms with Crippen LogP contribution in [0.5, 0.6) is 5.88 Å². The SMILES string of the molecule is O=c1[nH]c(O)c(C=Nc2ccc(F)c(Cl)c2)c(=O)[nH]1. The van der Waals surface area contributed by atoms with Crippen LogP contribution in [-0.2, 0) is 0 Å². The number of hydrogen-bond donors (Lipinski definition) is 3. The van der Waals surface area contributed by atoms with Crippen LogP contribution in [0.2, 0.25) is 5.02 Å². The molecule has 0 atom stereocenters. The van der Waals surface area contributed by atoms with Gasteiger partial charge >= 0.3 is 5.69 Å². The van der Waals surface area contributed by atoms with Crippen molar-refractivity contribution in [2.45, 2.75) is 0 Å². The summed E-state index contributed by atoms with van der Waals surface area (Å²) in [5, 5.41) is 9.28. The fourth-order valence-corrected chi connectivity index (χ4v) is 1.48. The van der Waals surface area contributed by atoms with Gasteiger partial charge in [-0.1, -0.05) is 11.6 Å². The van der Waals surface area contributed by atoms with Crippen molar-refractivity contribution < 1.29 is 9.50 Å². The van der Waals surface area contributed by atoms with Crippen molar-refractivity contribution in [1.29, 1.82) is 0 Å². The molecule has 0 aliphatic carbocycles. The lowest BCUT2D eigenvalue weighted by Crippen LogP contribution is -2.24. The van der Waals surface area contributed by atoms with E-state index in [-0.39, 0.29) is 16.3 Å². The first-order valence-corrected chi connectivity index (χ1v) is 5.40. The lowest BCUT2D eigenvalue weighted by molar-refractivity contribution is 0.447. The van der Waals surface area contributed by atoms with E-state index in [1.54, 1.807) is 0 Å². The number of nitrogens with one attached hydrogen (secondary N) is 2. The van der Waals surface area contributed by atoms with Crippen LogP contribution in [-0.4, -0.2) is 21.3 Å². The van der Waals surface area contributed by atoms with E-state index in [0.29, 0.717) is 0 Å². The minimum atomic E-state index is -0.829. The molecule has 1 heterocycles. The van der Waals surface area contributed by atoms with Gasteiger partial charge in [0.25, 0.3) is 5.56 Å². The first kappa shape index (κ1) is 13.0. The minimum absolute atomic E-state index is 0.116. The van der Waals surface area contributed by atoms with Crippen molar-refractivity contribution in [3.63, 3.8) is 0 Å². The highest BCUT2D eigenvalue weighted by molar-refractivity contribution is 6.31. The zero-order valence-electron chi connectivity index (χ0n) is 9.28. The van der Waals surface area contributed by atoms with Crippen LogP contribution in [0.4, 0.5) is 10.1 Å². The molecule has 98 valence electrons. The van der Waals surface area contributed by atoms with Gasteiger partial charge in [0.05, 0.1) is 10.7 Å². The first-order valence-electron chi connectivity index (χ1n) is 5.02. The van der Waals surface area contributed by atoms with Crippen LogP contribution in [0.15, 0.2) is 32.8 Å². The summed E-state index contributed by atoms with van der Waals surface area (Å²) in [6.45, 7) is 0. The molecular weight excluding hydrogens is 277 g/mol. The van der Waals surface area contributed by atoms with Gasteiger partial charge in [0.15, 0.2) is 0 Å². The molecule has 0 unspecified atom stereocenters. The van der Waals surface area contributed by atoms with E-state index in [1.165, 1.54) is 12.1 Å². The summed E-state index contributed by atoms with van der Waals surface area (Å²) in [6.07, 6.45) is 1.04. The zero-order valence-corrected chi connectivity index (χ0v) is 10.0. The number of aliphatic imine (C=N–C) groups is 1. The third-order valence-electron chi connectivity index (χ3n) is 2.20. The Morgan fingerprint density at radius 3 is 2.68 bits per heavy atom. The lowest BCUT2D eigenvalue weighted by Gasteiger charge is -1.98. The predicted molar refractivity (Wildman–Crippen MR) is 68.0 cm³/mol. The fourth-order valence-electron chi connectivity index (χ4n) is 1.31. The van der Waals surface area contributed by atoms with Gasteiger partial charge in [0, 0.05) is 6.21 Å². The number of aromatic nitrogens is 2. The Morgan fingerprint density at radius 2 is 2.05 bits per heavy atom. The molecule has 0 amide bonds. The van der Waals surface area contributed by atoms with Gasteiger partial charge in [0.1, 0.15) is 11.4 Å². The molecule has 0 aliphatic rings. The second kappa shape index (κ2) is 5.07.